The first-order chi connectivity index (χ1) is 10.2. The Kier molecular flexibility index (Phi) is 4.52. The summed E-state index contributed by atoms with van der Waals surface area (Å²) in [6.07, 6.45) is 0. The summed E-state index contributed by atoms with van der Waals surface area (Å²) in [5.41, 5.74) is 2.01. The number of anilines is 1. The number of phenols is 1. The maximum absolute atomic E-state index is 9.76. The first-order valence-electron chi connectivity index (χ1n) is 6.36. The Morgan fingerprint density at radius 1 is 1.14 bits per heavy atom. The number of methoxy groups -OCH3 is 2. The molecular formula is C16H16N2O3. The molecule has 5 heteroatoms. The largest absolute Gasteiger partial charge is 0.504 e. The fraction of sp³-hybridized carbons (Fsp3) is 0.188. The average Bonchev–Trinajstić information content (AvgIpc) is 2.52. The summed E-state index contributed by atoms with van der Waals surface area (Å²) < 4.78 is 10.3. The zero-order valence-electron chi connectivity index (χ0n) is 11.9. The van der Waals surface area contributed by atoms with Gasteiger partial charge in [-0.15, -0.1) is 0 Å². The Morgan fingerprint density at radius 2 is 1.90 bits per heavy atom. The smallest absolute Gasteiger partial charge is 0.160 e. The van der Waals surface area contributed by atoms with Gasteiger partial charge in [-0.1, -0.05) is 12.1 Å². The molecule has 0 amide bonds. The van der Waals surface area contributed by atoms with Gasteiger partial charge >= 0.3 is 0 Å². The Bertz CT molecular complexity index is 678. The molecule has 5 nitrogen and oxygen atoms in total. The number of phenolic OH excluding ortho intramolecular Hbond substituents is 1. The van der Waals surface area contributed by atoms with Gasteiger partial charge in [0.25, 0.3) is 0 Å². The van der Waals surface area contributed by atoms with E-state index in [4.69, 9.17) is 14.7 Å². The van der Waals surface area contributed by atoms with E-state index in [-0.39, 0.29) is 5.75 Å². The van der Waals surface area contributed by atoms with Gasteiger partial charge in [0.15, 0.2) is 11.5 Å². The molecule has 2 aromatic rings. The van der Waals surface area contributed by atoms with Crippen LogP contribution in [-0.4, -0.2) is 19.3 Å². The van der Waals surface area contributed by atoms with Crippen molar-refractivity contribution in [2.45, 2.75) is 6.54 Å². The van der Waals surface area contributed by atoms with Crippen LogP contribution in [0.15, 0.2) is 36.4 Å². The summed E-state index contributed by atoms with van der Waals surface area (Å²) in [7, 11) is 3.06. The third-order valence-corrected chi connectivity index (χ3v) is 3.08. The molecular weight excluding hydrogens is 268 g/mol. The average molecular weight is 284 g/mol. The first-order valence-corrected chi connectivity index (χ1v) is 6.36. The van der Waals surface area contributed by atoms with E-state index in [1.54, 1.807) is 37.4 Å². The summed E-state index contributed by atoms with van der Waals surface area (Å²) in [5.74, 6) is 1.11. The number of nitrogens with one attached hydrogen (secondary N) is 1. The van der Waals surface area contributed by atoms with E-state index in [1.807, 2.05) is 6.07 Å². The molecule has 2 N–H and O–H groups in total. The first kappa shape index (κ1) is 14.5. The van der Waals surface area contributed by atoms with Gasteiger partial charge in [-0.2, -0.15) is 5.26 Å². The van der Waals surface area contributed by atoms with Crippen molar-refractivity contribution in [1.82, 2.24) is 0 Å². The summed E-state index contributed by atoms with van der Waals surface area (Å²) in [5, 5.41) is 22.1. The van der Waals surface area contributed by atoms with Gasteiger partial charge in [-0.05, 0) is 29.8 Å². The Balaban J connectivity index is 2.20. The van der Waals surface area contributed by atoms with E-state index in [2.05, 4.69) is 11.4 Å². The van der Waals surface area contributed by atoms with Crippen molar-refractivity contribution in [3.63, 3.8) is 0 Å². The molecule has 2 aromatic carbocycles. The van der Waals surface area contributed by atoms with Crippen LogP contribution in [0.1, 0.15) is 11.1 Å². The lowest BCUT2D eigenvalue weighted by molar-refractivity contribution is 0.373. The number of nitriles is 1. The zero-order valence-corrected chi connectivity index (χ0v) is 11.9. The number of aromatic hydroxyl groups is 1. The molecule has 0 bridgehead atoms. The number of rotatable bonds is 5. The van der Waals surface area contributed by atoms with Crippen molar-refractivity contribution >= 4 is 5.69 Å². The summed E-state index contributed by atoms with van der Waals surface area (Å²) in [4.78, 5) is 0. The lowest BCUT2D eigenvalue weighted by Gasteiger charge is -2.13. The second-order valence-electron chi connectivity index (χ2n) is 4.35. The van der Waals surface area contributed by atoms with E-state index in [0.717, 1.165) is 5.56 Å². The highest BCUT2D eigenvalue weighted by atomic mass is 16.5. The maximum atomic E-state index is 9.76. The molecule has 0 fully saturated rings. The van der Waals surface area contributed by atoms with Crippen LogP contribution in [0.25, 0.3) is 0 Å². The van der Waals surface area contributed by atoms with Crippen LogP contribution in [0.2, 0.25) is 0 Å². The highest BCUT2D eigenvalue weighted by Crippen LogP contribution is 2.30. The number of hydrogen-bond donors (Lipinski definition) is 2. The molecule has 0 aliphatic heterocycles. The second kappa shape index (κ2) is 6.53. The molecule has 0 aromatic heterocycles. The maximum Gasteiger partial charge on any atom is 0.160 e. The van der Waals surface area contributed by atoms with Gasteiger partial charge in [-0.25, -0.2) is 0 Å². The van der Waals surface area contributed by atoms with Crippen LogP contribution in [-0.2, 0) is 6.54 Å². The molecule has 0 saturated carbocycles. The van der Waals surface area contributed by atoms with Crippen molar-refractivity contribution in [2.24, 2.45) is 0 Å². The second-order valence-corrected chi connectivity index (χ2v) is 4.35. The molecule has 21 heavy (non-hydrogen) atoms. The summed E-state index contributed by atoms with van der Waals surface area (Å²) >= 11 is 0. The molecule has 0 unspecified atom stereocenters. The minimum absolute atomic E-state index is 0.0809. The molecule has 0 atom stereocenters. The predicted molar refractivity (Wildman–Crippen MR) is 79.7 cm³/mol. The van der Waals surface area contributed by atoms with Crippen molar-refractivity contribution in [3.05, 3.63) is 47.5 Å². The van der Waals surface area contributed by atoms with Crippen molar-refractivity contribution < 1.29 is 14.6 Å². The summed E-state index contributed by atoms with van der Waals surface area (Å²) in [6.45, 7) is 0.451. The third-order valence-electron chi connectivity index (χ3n) is 3.08. The minimum atomic E-state index is 0.0809. The SMILES string of the molecule is COc1ccc(CNc2c(C#N)cccc2OC)cc1O. The molecule has 0 aliphatic rings. The Morgan fingerprint density at radius 3 is 2.52 bits per heavy atom. The highest BCUT2D eigenvalue weighted by Gasteiger charge is 2.09. The van der Waals surface area contributed by atoms with Gasteiger partial charge in [0.05, 0.1) is 25.5 Å². The van der Waals surface area contributed by atoms with E-state index < -0.39 is 0 Å². The molecule has 0 saturated heterocycles. The van der Waals surface area contributed by atoms with Gasteiger partial charge in [0.2, 0.25) is 0 Å². The monoisotopic (exact) mass is 284 g/mol. The van der Waals surface area contributed by atoms with Crippen molar-refractivity contribution in [2.75, 3.05) is 19.5 Å². The predicted octanol–water partition coefficient (Wildman–Crippen LogP) is 2.89. The normalized spacial score (nSPS) is 9.76. The fourth-order valence-electron chi connectivity index (χ4n) is 2.01. The van der Waals surface area contributed by atoms with Crippen molar-refractivity contribution in [3.8, 4) is 23.3 Å². The number of benzene rings is 2. The van der Waals surface area contributed by atoms with Gasteiger partial charge in [0.1, 0.15) is 11.8 Å². The quantitative estimate of drug-likeness (QED) is 0.883. The number of para-hydroxylation sites is 1. The Hall–Kier alpha value is -2.87. The van der Waals surface area contributed by atoms with Gasteiger partial charge in [0, 0.05) is 6.54 Å². The molecule has 0 aliphatic carbocycles. The Labute approximate surface area is 123 Å². The van der Waals surface area contributed by atoms with Crippen LogP contribution in [0, 0.1) is 11.3 Å². The molecule has 0 spiro atoms. The lowest BCUT2D eigenvalue weighted by Crippen LogP contribution is -2.03. The van der Waals surface area contributed by atoms with Crippen LogP contribution in [0.3, 0.4) is 0 Å². The topological polar surface area (TPSA) is 74.5 Å². The standard InChI is InChI=1S/C16H16N2O3/c1-20-14-7-6-11(8-13(14)19)10-18-16-12(9-17)4-3-5-15(16)21-2/h3-8,18-19H,10H2,1-2H3. The van der Waals surface area contributed by atoms with E-state index in [0.29, 0.717) is 29.3 Å². The fourth-order valence-corrected chi connectivity index (χ4v) is 2.01. The van der Waals surface area contributed by atoms with E-state index in [9.17, 15) is 5.11 Å². The van der Waals surface area contributed by atoms with E-state index >= 15 is 0 Å². The molecule has 0 heterocycles. The third kappa shape index (κ3) is 3.18. The van der Waals surface area contributed by atoms with Gasteiger partial charge < -0.3 is 19.9 Å². The van der Waals surface area contributed by atoms with Crippen LogP contribution in [0.4, 0.5) is 5.69 Å². The number of hydrogen-bond acceptors (Lipinski definition) is 5. The highest BCUT2D eigenvalue weighted by molar-refractivity contribution is 5.66. The molecule has 108 valence electrons. The molecule has 2 rings (SSSR count). The van der Waals surface area contributed by atoms with Crippen molar-refractivity contribution in [1.29, 1.82) is 5.26 Å². The zero-order chi connectivity index (χ0) is 15.2. The minimum Gasteiger partial charge on any atom is -0.504 e. The van der Waals surface area contributed by atoms with Crippen LogP contribution >= 0.6 is 0 Å². The number of ether oxygens (including phenoxy) is 2. The molecule has 0 radical (unpaired) electrons. The van der Waals surface area contributed by atoms with Gasteiger partial charge in [-0.3, -0.25) is 0 Å². The number of nitrogens with zero attached hydrogens (tertiary/aromatic N) is 1. The van der Waals surface area contributed by atoms with Crippen LogP contribution in [0.5, 0.6) is 17.2 Å². The lowest BCUT2D eigenvalue weighted by atomic mass is 10.1. The van der Waals surface area contributed by atoms with E-state index in [1.165, 1.54) is 7.11 Å². The summed E-state index contributed by atoms with van der Waals surface area (Å²) in [6, 6.07) is 12.5. The van der Waals surface area contributed by atoms with Crippen LogP contribution < -0.4 is 14.8 Å².